The number of hydrogen-bond acceptors (Lipinski definition) is 2. The highest BCUT2D eigenvalue weighted by Crippen LogP contribution is 2.15. The molecule has 0 aliphatic heterocycles. The quantitative estimate of drug-likeness (QED) is 0.800. The Morgan fingerprint density at radius 3 is 3.12 bits per heavy atom. The van der Waals surface area contributed by atoms with Gasteiger partial charge in [-0.25, -0.2) is 0 Å². The maximum absolute atomic E-state index is 10.9. The Balaban J connectivity index is 2.11. The van der Waals surface area contributed by atoms with Crippen LogP contribution >= 0.6 is 0 Å². The maximum Gasteiger partial charge on any atom is 0.309 e. The number of ether oxygens (including phenoxy) is 1. The number of carbonyl (C=O) groups is 1. The molecule has 1 aromatic carbocycles. The van der Waals surface area contributed by atoms with Crippen LogP contribution in [0.3, 0.4) is 0 Å². The molecule has 16 heavy (non-hydrogen) atoms. The number of carbonyl (C=O) groups excluding carboxylic acids is 1. The first kappa shape index (κ1) is 10.5. The third-order valence-corrected chi connectivity index (χ3v) is 2.40. The third kappa shape index (κ3) is 2.31. The molecule has 0 spiro atoms. The van der Waals surface area contributed by atoms with Gasteiger partial charge in [-0.15, -0.1) is 0 Å². The number of fused-ring (bicyclic) bond motifs is 1. The summed E-state index contributed by atoms with van der Waals surface area (Å²) in [6.45, 7) is 0. The van der Waals surface area contributed by atoms with E-state index in [0.29, 0.717) is 6.42 Å². The van der Waals surface area contributed by atoms with Crippen LogP contribution in [0.2, 0.25) is 0 Å². The molecule has 0 amide bonds. The minimum atomic E-state index is -0.225. The van der Waals surface area contributed by atoms with E-state index in [1.807, 2.05) is 36.5 Å². The number of aromatic amines is 1. The van der Waals surface area contributed by atoms with Crippen molar-refractivity contribution in [2.75, 3.05) is 7.11 Å². The lowest BCUT2D eigenvalue weighted by molar-refractivity contribution is -0.139. The van der Waals surface area contributed by atoms with Crippen LogP contribution in [0.1, 0.15) is 12.0 Å². The average molecular weight is 215 g/mol. The van der Waals surface area contributed by atoms with Gasteiger partial charge in [0.15, 0.2) is 0 Å². The maximum atomic E-state index is 10.9. The van der Waals surface area contributed by atoms with Crippen molar-refractivity contribution in [2.45, 2.75) is 6.42 Å². The largest absolute Gasteiger partial charge is 0.469 e. The van der Waals surface area contributed by atoms with Gasteiger partial charge in [0.1, 0.15) is 0 Å². The summed E-state index contributed by atoms with van der Waals surface area (Å²) in [6.07, 6.45) is 5.93. The van der Waals surface area contributed by atoms with E-state index in [4.69, 9.17) is 0 Å². The average Bonchev–Trinajstić information content (AvgIpc) is 2.76. The number of rotatable bonds is 3. The molecule has 1 aromatic heterocycles. The van der Waals surface area contributed by atoms with E-state index >= 15 is 0 Å². The number of H-pyrrole nitrogens is 1. The molecule has 3 nitrogen and oxygen atoms in total. The summed E-state index contributed by atoms with van der Waals surface area (Å²) in [5, 5.41) is 1.19. The van der Waals surface area contributed by atoms with Crippen LogP contribution in [0, 0.1) is 0 Å². The Morgan fingerprint density at radius 2 is 2.31 bits per heavy atom. The zero-order valence-electron chi connectivity index (χ0n) is 9.07. The van der Waals surface area contributed by atoms with Crippen molar-refractivity contribution in [1.29, 1.82) is 0 Å². The van der Waals surface area contributed by atoms with Crippen LogP contribution in [0.4, 0.5) is 0 Å². The van der Waals surface area contributed by atoms with Crippen LogP contribution in [0.25, 0.3) is 17.0 Å². The highest BCUT2D eigenvalue weighted by Gasteiger charge is 1.96. The first-order valence-corrected chi connectivity index (χ1v) is 5.10. The molecule has 82 valence electrons. The van der Waals surface area contributed by atoms with E-state index in [9.17, 15) is 4.79 Å². The smallest absolute Gasteiger partial charge is 0.309 e. The molecule has 3 heteroatoms. The second-order valence-corrected chi connectivity index (χ2v) is 3.51. The molecule has 0 bridgehead atoms. The number of benzene rings is 1. The summed E-state index contributed by atoms with van der Waals surface area (Å²) in [6, 6.07) is 8.13. The third-order valence-electron chi connectivity index (χ3n) is 2.40. The molecular formula is C13H13NO2. The van der Waals surface area contributed by atoms with E-state index in [2.05, 4.69) is 9.72 Å². The van der Waals surface area contributed by atoms with Crippen molar-refractivity contribution in [2.24, 2.45) is 0 Å². The predicted molar refractivity (Wildman–Crippen MR) is 64.0 cm³/mol. The molecule has 0 saturated carbocycles. The van der Waals surface area contributed by atoms with Crippen molar-refractivity contribution in [3.8, 4) is 0 Å². The van der Waals surface area contributed by atoms with Gasteiger partial charge >= 0.3 is 5.97 Å². The van der Waals surface area contributed by atoms with Crippen molar-refractivity contribution in [1.82, 2.24) is 4.98 Å². The topological polar surface area (TPSA) is 42.1 Å². The number of hydrogen-bond donors (Lipinski definition) is 1. The number of esters is 1. The lowest BCUT2D eigenvalue weighted by Crippen LogP contribution is -1.96. The fraction of sp³-hybridized carbons (Fsp3) is 0.154. The van der Waals surface area contributed by atoms with Gasteiger partial charge in [0.25, 0.3) is 0 Å². The summed E-state index contributed by atoms with van der Waals surface area (Å²) in [5.74, 6) is -0.225. The molecule has 0 aliphatic carbocycles. The molecule has 0 fully saturated rings. The van der Waals surface area contributed by atoms with Crippen LogP contribution in [0.15, 0.2) is 36.5 Å². The Bertz CT molecular complexity index is 525. The first-order chi connectivity index (χ1) is 7.79. The standard InChI is InChI=1S/C13H13NO2/c1-16-13(15)4-2-3-10-5-6-11-7-8-14-12(11)9-10/h2-3,5-9,14H,4H2,1H3. The normalized spacial score (nSPS) is 11.1. The predicted octanol–water partition coefficient (Wildman–Crippen LogP) is 2.74. The molecule has 0 saturated heterocycles. The van der Waals surface area contributed by atoms with Gasteiger partial charge in [-0.05, 0) is 23.1 Å². The lowest BCUT2D eigenvalue weighted by atomic mass is 10.1. The first-order valence-electron chi connectivity index (χ1n) is 5.10. The summed E-state index contributed by atoms with van der Waals surface area (Å²) in [4.78, 5) is 14.0. The minimum absolute atomic E-state index is 0.225. The second-order valence-electron chi connectivity index (χ2n) is 3.51. The second kappa shape index (κ2) is 4.66. The number of methoxy groups -OCH3 is 1. The summed E-state index contributed by atoms with van der Waals surface area (Å²) in [7, 11) is 1.39. The van der Waals surface area contributed by atoms with Gasteiger partial charge in [0, 0.05) is 11.7 Å². The van der Waals surface area contributed by atoms with E-state index in [-0.39, 0.29) is 5.97 Å². The monoisotopic (exact) mass is 215 g/mol. The Hall–Kier alpha value is -2.03. The molecule has 1 heterocycles. The molecule has 0 aliphatic rings. The van der Waals surface area contributed by atoms with E-state index in [0.717, 1.165) is 11.1 Å². The van der Waals surface area contributed by atoms with Crippen LogP contribution in [0.5, 0.6) is 0 Å². The molecule has 2 aromatic rings. The summed E-state index contributed by atoms with van der Waals surface area (Å²) >= 11 is 0. The van der Waals surface area contributed by atoms with Crippen molar-refractivity contribution in [3.05, 3.63) is 42.1 Å². The van der Waals surface area contributed by atoms with Crippen molar-refractivity contribution >= 4 is 22.9 Å². The Kier molecular flexibility index (Phi) is 3.05. The van der Waals surface area contributed by atoms with Gasteiger partial charge in [-0.1, -0.05) is 24.3 Å². The fourth-order valence-electron chi connectivity index (χ4n) is 1.54. The van der Waals surface area contributed by atoms with Gasteiger partial charge < -0.3 is 9.72 Å². The number of aromatic nitrogens is 1. The minimum Gasteiger partial charge on any atom is -0.469 e. The van der Waals surface area contributed by atoms with Gasteiger partial charge in [-0.3, -0.25) is 4.79 Å². The highest BCUT2D eigenvalue weighted by molar-refractivity contribution is 5.82. The fourth-order valence-corrected chi connectivity index (χ4v) is 1.54. The van der Waals surface area contributed by atoms with Gasteiger partial charge in [-0.2, -0.15) is 0 Å². The van der Waals surface area contributed by atoms with Crippen LogP contribution in [-0.4, -0.2) is 18.1 Å². The molecule has 1 N–H and O–H groups in total. The molecular weight excluding hydrogens is 202 g/mol. The molecule has 0 atom stereocenters. The van der Waals surface area contributed by atoms with E-state index in [1.54, 1.807) is 6.08 Å². The Labute approximate surface area is 93.7 Å². The number of nitrogens with one attached hydrogen (secondary N) is 1. The molecule has 0 unspecified atom stereocenters. The zero-order chi connectivity index (χ0) is 11.4. The highest BCUT2D eigenvalue weighted by atomic mass is 16.5. The van der Waals surface area contributed by atoms with E-state index < -0.39 is 0 Å². The van der Waals surface area contributed by atoms with Gasteiger partial charge in [0.05, 0.1) is 13.5 Å². The van der Waals surface area contributed by atoms with Gasteiger partial charge in [0.2, 0.25) is 0 Å². The van der Waals surface area contributed by atoms with Crippen LogP contribution < -0.4 is 0 Å². The SMILES string of the molecule is COC(=O)CC=Cc1ccc2cc[nH]c2c1. The van der Waals surface area contributed by atoms with Crippen LogP contribution in [-0.2, 0) is 9.53 Å². The zero-order valence-corrected chi connectivity index (χ0v) is 9.07. The lowest BCUT2D eigenvalue weighted by Gasteiger charge is -1.95. The van der Waals surface area contributed by atoms with Crippen molar-refractivity contribution in [3.63, 3.8) is 0 Å². The molecule has 0 radical (unpaired) electrons. The molecule has 2 rings (SSSR count). The summed E-state index contributed by atoms with van der Waals surface area (Å²) < 4.78 is 4.55. The van der Waals surface area contributed by atoms with Crippen molar-refractivity contribution < 1.29 is 9.53 Å². The Morgan fingerprint density at radius 1 is 1.44 bits per heavy atom. The van der Waals surface area contributed by atoms with E-state index in [1.165, 1.54) is 12.5 Å². The summed E-state index contributed by atoms with van der Waals surface area (Å²) in [5.41, 5.74) is 2.17.